The van der Waals surface area contributed by atoms with E-state index >= 15 is 0 Å². The van der Waals surface area contributed by atoms with Crippen molar-refractivity contribution in [3.63, 3.8) is 0 Å². The van der Waals surface area contributed by atoms with Crippen LogP contribution in [0.25, 0.3) is 0 Å². The summed E-state index contributed by atoms with van der Waals surface area (Å²) in [4.78, 5) is 14.5. The van der Waals surface area contributed by atoms with Gasteiger partial charge in [-0.25, -0.2) is 4.98 Å². The van der Waals surface area contributed by atoms with Gasteiger partial charge < -0.3 is 4.74 Å². The smallest absolute Gasteiger partial charge is 0.172 e. The molecule has 0 spiro atoms. The second kappa shape index (κ2) is 2.95. The van der Waals surface area contributed by atoms with Crippen LogP contribution >= 0.6 is 11.6 Å². The van der Waals surface area contributed by atoms with Crippen LogP contribution in [0.1, 0.15) is 29.9 Å². The summed E-state index contributed by atoms with van der Waals surface area (Å²) in [6.45, 7) is 4.67. The lowest BCUT2D eigenvalue weighted by Gasteiger charge is -2.14. The first-order valence-corrected chi connectivity index (χ1v) is 4.71. The number of aromatic nitrogens is 1. The molecule has 2 heterocycles. The highest BCUT2D eigenvalue weighted by atomic mass is 35.5. The van der Waals surface area contributed by atoms with E-state index in [2.05, 4.69) is 4.98 Å². The molecule has 0 radical (unpaired) electrons. The molecule has 4 heteroatoms. The van der Waals surface area contributed by atoms with E-state index in [0.29, 0.717) is 24.3 Å². The number of aldehydes is 1. The molecule has 0 saturated heterocycles. The number of nitrogens with zero attached hydrogens (tertiary/aromatic N) is 1. The van der Waals surface area contributed by atoms with Gasteiger partial charge in [0.05, 0.1) is 6.61 Å². The van der Waals surface area contributed by atoms with Gasteiger partial charge in [0.1, 0.15) is 5.69 Å². The lowest BCUT2D eigenvalue weighted by molar-refractivity contribution is 0.111. The van der Waals surface area contributed by atoms with Crippen molar-refractivity contribution in [2.75, 3.05) is 6.61 Å². The van der Waals surface area contributed by atoms with Crippen LogP contribution in [0, 0.1) is 0 Å². The number of halogens is 1. The van der Waals surface area contributed by atoms with Gasteiger partial charge in [-0.15, -0.1) is 0 Å². The van der Waals surface area contributed by atoms with Crippen LogP contribution in [0.5, 0.6) is 5.75 Å². The van der Waals surface area contributed by atoms with E-state index in [0.717, 1.165) is 5.56 Å². The van der Waals surface area contributed by atoms with Gasteiger partial charge in [-0.05, 0) is 6.07 Å². The van der Waals surface area contributed by atoms with E-state index in [4.69, 9.17) is 16.3 Å². The molecule has 0 amide bonds. The van der Waals surface area contributed by atoms with Crippen LogP contribution < -0.4 is 4.74 Å². The van der Waals surface area contributed by atoms with Gasteiger partial charge in [0.25, 0.3) is 0 Å². The standard InChI is InChI=1S/C10H10ClNO2/c1-10(2)5-14-8-7(10)3-6(4-13)12-9(8)11/h3-4H,5H2,1-2H3. The maximum absolute atomic E-state index is 10.6. The maximum atomic E-state index is 10.6. The molecule has 1 aromatic rings. The Kier molecular flexibility index (Phi) is 2.00. The molecule has 1 aliphatic heterocycles. The van der Waals surface area contributed by atoms with Gasteiger partial charge in [0.2, 0.25) is 0 Å². The maximum Gasteiger partial charge on any atom is 0.172 e. The number of hydrogen-bond acceptors (Lipinski definition) is 3. The fourth-order valence-electron chi connectivity index (χ4n) is 1.55. The molecule has 1 aliphatic rings. The van der Waals surface area contributed by atoms with Crippen molar-refractivity contribution in [3.05, 3.63) is 22.5 Å². The zero-order valence-corrected chi connectivity index (χ0v) is 8.76. The summed E-state index contributed by atoms with van der Waals surface area (Å²) >= 11 is 5.89. The predicted molar refractivity (Wildman–Crippen MR) is 53.2 cm³/mol. The van der Waals surface area contributed by atoms with E-state index in [1.54, 1.807) is 6.07 Å². The van der Waals surface area contributed by atoms with E-state index in [1.807, 2.05) is 13.8 Å². The number of pyridine rings is 1. The number of carbonyl (C=O) groups is 1. The second-order valence-electron chi connectivity index (χ2n) is 4.01. The zero-order valence-electron chi connectivity index (χ0n) is 8.00. The summed E-state index contributed by atoms with van der Waals surface area (Å²) in [7, 11) is 0. The summed E-state index contributed by atoms with van der Waals surface area (Å²) in [6.07, 6.45) is 0.695. The first-order chi connectivity index (χ1) is 6.54. The highest BCUT2D eigenvalue weighted by molar-refractivity contribution is 6.31. The Morgan fingerprint density at radius 3 is 3.00 bits per heavy atom. The minimum atomic E-state index is -0.0975. The molecule has 0 bridgehead atoms. The highest BCUT2D eigenvalue weighted by Crippen LogP contribution is 2.41. The van der Waals surface area contributed by atoms with Crippen LogP contribution in [-0.2, 0) is 5.41 Å². The Balaban J connectivity index is 2.65. The van der Waals surface area contributed by atoms with E-state index in [9.17, 15) is 4.79 Å². The Morgan fingerprint density at radius 1 is 1.64 bits per heavy atom. The molecule has 0 aliphatic carbocycles. The Bertz CT molecular complexity index is 401. The molecule has 0 fully saturated rings. The Hall–Kier alpha value is -1.09. The normalized spacial score (nSPS) is 17.4. The molecule has 0 atom stereocenters. The zero-order chi connectivity index (χ0) is 10.3. The molecular formula is C10H10ClNO2. The third-order valence-electron chi connectivity index (χ3n) is 2.38. The monoisotopic (exact) mass is 211 g/mol. The number of fused-ring (bicyclic) bond motifs is 1. The van der Waals surface area contributed by atoms with Crippen LogP contribution in [0.3, 0.4) is 0 Å². The van der Waals surface area contributed by atoms with Gasteiger partial charge >= 0.3 is 0 Å². The molecule has 3 nitrogen and oxygen atoms in total. The first kappa shape index (κ1) is 9.46. The van der Waals surface area contributed by atoms with Gasteiger partial charge in [-0.3, -0.25) is 4.79 Å². The van der Waals surface area contributed by atoms with Crippen LogP contribution in [-0.4, -0.2) is 17.9 Å². The van der Waals surface area contributed by atoms with Gasteiger partial charge in [-0.2, -0.15) is 0 Å². The van der Waals surface area contributed by atoms with Crippen molar-refractivity contribution in [3.8, 4) is 5.75 Å². The molecule has 0 unspecified atom stereocenters. The van der Waals surface area contributed by atoms with Crippen LogP contribution in [0.4, 0.5) is 0 Å². The molecule has 0 aromatic carbocycles. The van der Waals surface area contributed by atoms with Gasteiger partial charge in [0.15, 0.2) is 17.2 Å². The quantitative estimate of drug-likeness (QED) is 0.528. The third-order valence-corrected chi connectivity index (χ3v) is 2.63. The Labute approximate surface area is 87.0 Å². The van der Waals surface area contributed by atoms with Crippen LogP contribution in [0.2, 0.25) is 5.15 Å². The molecule has 2 rings (SSSR count). The van der Waals surface area contributed by atoms with E-state index in [-0.39, 0.29) is 10.6 Å². The van der Waals surface area contributed by atoms with Crippen LogP contribution in [0.15, 0.2) is 6.07 Å². The number of hydrogen-bond donors (Lipinski definition) is 0. The predicted octanol–water partition coefficient (Wildman–Crippen LogP) is 2.22. The van der Waals surface area contributed by atoms with Crippen molar-refractivity contribution >= 4 is 17.9 Å². The van der Waals surface area contributed by atoms with E-state index in [1.165, 1.54) is 0 Å². The number of rotatable bonds is 1. The summed E-state index contributed by atoms with van der Waals surface area (Å²) in [6, 6.07) is 1.74. The van der Waals surface area contributed by atoms with Crippen molar-refractivity contribution in [2.24, 2.45) is 0 Å². The van der Waals surface area contributed by atoms with Gasteiger partial charge in [-0.1, -0.05) is 25.4 Å². The lowest BCUT2D eigenvalue weighted by atomic mass is 9.87. The average molecular weight is 212 g/mol. The minimum absolute atomic E-state index is 0.0975. The van der Waals surface area contributed by atoms with E-state index < -0.39 is 0 Å². The highest BCUT2D eigenvalue weighted by Gasteiger charge is 2.34. The fraction of sp³-hybridized carbons (Fsp3) is 0.400. The fourth-order valence-corrected chi connectivity index (χ4v) is 1.81. The van der Waals surface area contributed by atoms with Crippen molar-refractivity contribution in [1.29, 1.82) is 0 Å². The summed E-state index contributed by atoms with van der Waals surface area (Å²) in [5.41, 5.74) is 1.21. The molecule has 1 aromatic heterocycles. The number of carbonyl (C=O) groups excluding carboxylic acids is 1. The minimum Gasteiger partial charge on any atom is -0.489 e. The molecule has 74 valence electrons. The molecule has 0 saturated carbocycles. The van der Waals surface area contributed by atoms with Gasteiger partial charge in [0, 0.05) is 11.0 Å². The number of ether oxygens (including phenoxy) is 1. The second-order valence-corrected chi connectivity index (χ2v) is 4.36. The van der Waals surface area contributed by atoms with Crippen molar-refractivity contribution in [1.82, 2.24) is 4.98 Å². The molecular weight excluding hydrogens is 202 g/mol. The molecule has 14 heavy (non-hydrogen) atoms. The van der Waals surface area contributed by atoms with Crippen molar-refractivity contribution in [2.45, 2.75) is 19.3 Å². The average Bonchev–Trinajstić information content (AvgIpc) is 2.43. The lowest BCUT2D eigenvalue weighted by Crippen LogP contribution is -2.18. The first-order valence-electron chi connectivity index (χ1n) is 4.33. The summed E-state index contributed by atoms with van der Waals surface area (Å²) < 4.78 is 5.43. The van der Waals surface area contributed by atoms with Crippen molar-refractivity contribution < 1.29 is 9.53 Å². The largest absolute Gasteiger partial charge is 0.489 e. The molecule has 0 N–H and O–H groups in total. The third kappa shape index (κ3) is 1.28. The summed E-state index contributed by atoms with van der Waals surface area (Å²) in [5.74, 6) is 0.613. The Morgan fingerprint density at radius 2 is 2.36 bits per heavy atom. The topological polar surface area (TPSA) is 39.2 Å². The summed E-state index contributed by atoms with van der Waals surface area (Å²) in [5, 5.41) is 0.273. The SMILES string of the molecule is CC1(C)COc2c1cc(C=O)nc2Cl.